The standard InChI is InChI=1S/C9H7BrClIN2O/c10-5-1-8(15)14(4-5)9-6(11)2-13-3-7(9)12/h2-3,5H,1,4H2. The maximum absolute atomic E-state index is 11.7. The Kier molecular flexibility index (Phi) is 3.52. The highest BCUT2D eigenvalue weighted by Gasteiger charge is 2.31. The van der Waals surface area contributed by atoms with Crippen LogP contribution in [0.1, 0.15) is 6.42 Å². The van der Waals surface area contributed by atoms with Gasteiger partial charge in [0.15, 0.2) is 0 Å². The average Bonchev–Trinajstić information content (AvgIpc) is 2.45. The van der Waals surface area contributed by atoms with E-state index in [4.69, 9.17) is 11.6 Å². The quantitative estimate of drug-likeness (QED) is 0.536. The van der Waals surface area contributed by atoms with Crippen molar-refractivity contribution in [1.82, 2.24) is 4.98 Å². The summed E-state index contributed by atoms with van der Waals surface area (Å²) in [6, 6.07) is 0. The van der Waals surface area contributed by atoms with Gasteiger partial charge in [-0.15, -0.1) is 0 Å². The zero-order valence-corrected chi connectivity index (χ0v) is 12.1. The summed E-state index contributed by atoms with van der Waals surface area (Å²) in [6.07, 6.45) is 3.79. The minimum absolute atomic E-state index is 0.0999. The molecule has 1 unspecified atom stereocenters. The van der Waals surface area contributed by atoms with Crippen molar-refractivity contribution in [3.63, 3.8) is 0 Å². The second-order valence-electron chi connectivity index (χ2n) is 3.26. The predicted molar refractivity (Wildman–Crippen MR) is 71.6 cm³/mol. The number of rotatable bonds is 1. The van der Waals surface area contributed by atoms with Gasteiger partial charge in [0, 0.05) is 30.2 Å². The topological polar surface area (TPSA) is 33.2 Å². The Morgan fingerprint density at radius 1 is 1.60 bits per heavy atom. The predicted octanol–water partition coefficient (Wildman–Crippen LogP) is 2.84. The van der Waals surface area contributed by atoms with E-state index in [9.17, 15) is 4.79 Å². The van der Waals surface area contributed by atoms with Gasteiger partial charge in [0.1, 0.15) is 0 Å². The molecular formula is C9H7BrClIN2O. The summed E-state index contributed by atoms with van der Waals surface area (Å²) in [6.45, 7) is 0.665. The third-order valence-electron chi connectivity index (χ3n) is 2.18. The number of anilines is 1. The maximum Gasteiger partial charge on any atom is 0.228 e. The van der Waals surface area contributed by atoms with E-state index in [1.807, 2.05) is 0 Å². The molecule has 0 saturated carbocycles. The average molecular weight is 401 g/mol. The van der Waals surface area contributed by atoms with Gasteiger partial charge in [-0.2, -0.15) is 0 Å². The molecule has 3 nitrogen and oxygen atoms in total. The lowest BCUT2D eigenvalue weighted by Crippen LogP contribution is -2.25. The maximum atomic E-state index is 11.7. The van der Waals surface area contributed by atoms with Gasteiger partial charge >= 0.3 is 0 Å². The van der Waals surface area contributed by atoms with Crippen LogP contribution in [0.5, 0.6) is 0 Å². The Balaban J connectivity index is 2.41. The Bertz CT molecular complexity index is 395. The molecule has 1 aromatic heterocycles. The third-order valence-corrected chi connectivity index (χ3v) is 3.86. The van der Waals surface area contributed by atoms with Crippen LogP contribution >= 0.6 is 50.1 Å². The van der Waals surface area contributed by atoms with Crippen LogP contribution in [0.15, 0.2) is 12.4 Å². The fourth-order valence-corrected chi connectivity index (χ4v) is 3.27. The summed E-state index contributed by atoms with van der Waals surface area (Å²) < 4.78 is 0.898. The number of aromatic nitrogens is 1. The molecule has 0 spiro atoms. The molecular weight excluding hydrogens is 394 g/mol. The van der Waals surface area contributed by atoms with Crippen LogP contribution in [0.4, 0.5) is 5.69 Å². The molecule has 2 heterocycles. The molecule has 1 aromatic rings. The minimum Gasteiger partial charge on any atom is -0.309 e. The van der Waals surface area contributed by atoms with Crippen molar-refractivity contribution in [2.24, 2.45) is 0 Å². The van der Waals surface area contributed by atoms with Crippen LogP contribution in [0, 0.1) is 3.57 Å². The number of halogens is 3. The van der Waals surface area contributed by atoms with Crippen molar-refractivity contribution < 1.29 is 4.79 Å². The number of carbonyl (C=O) groups is 1. The van der Waals surface area contributed by atoms with Crippen LogP contribution in [-0.2, 0) is 4.79 Å². The number of hydrogen-bond donors (Lipinski definition) is 0. The van der Waals surface area contributed by atoms with Crippen LogP contribution in [0.3, 0.4) is 0 Å². The normalized spacial score (nSPS) is 21.1. The van der Waals surface area contributed by atoms with Crippen molar-refractivity contribution in [2.45, 2.75) is 11.2 Å². The summed E-state index contributed by atoms with van der Waals surface area (Å²) in [7, 11) is 0. The second-order valence-corrected chi connectivity index (χ2v) is 6.12. The Morgan fingerprint density at radius 3 is 2.87 bits per heavy atom. The molecule has 2 rings (SSSR count). The van der Waals surface area contributed by atoms with Crippen LogP contribution in [0.25, 0.3) is 0 Å². The van der Waals surface area contributed by atoms with Crippen molar-refractivity contribution >= 4 is 61.7 Å². The first kappa shape index (κ1) is 11.6. The lowest BCUT2D eigenvalue weighted by atomic mass is 10.3. The van der Waals surface area contributed by atoms with E-state index in [1.165, 1.54) is 0 Å². The molecule has 1 aliphatic rings. The van der Waals surface area contributed by atoms with Crippen molar-refractivity contribution in [2.75, 3.05) is 11.4 Å². The Hall–Kier alpha value is 0.120. The highest BCUT2D eigenvalue weighted by Crippen LogP contribution is 2.34. The van der Waals surface area contributed by atoms with Gasteiger partial charge in [0.25, 0.3) is 0 Å². The number of nitrogens with zero attached hydrogens (tertiary/aromatic N) is 2. The molecule has 1 amide bonds. The molecule has 1 fully saturated rings. The van der Waals surface area contributed by atoms with E-state index in [-0.39, 0.29) is 10.7 Å². The van der Waals surface area contributed by atoms with Crippen LogP contribution in [-0.4, -0.2) is 22.3 Å². The fourth-order valence-electron chi connectivity index (χ4n) is 1.54. The SMILES string of the molecule is O=C1CC(Br)CN1c1c(Cl)cncc1I. The number of hydrogen-bond acceptors (Lipinski definition) is 2. The van der Waals surface area contributed by atoms with Crippen molar-refractivity contribution in [3.05, 3.63) is 21.0 Å². The van der Waals surface area contributed by atoms with E-state index in [1.54, 1.807) is 17.3 Å². The lowest BCUT2D eigenvalue weighted by molar-refractivity contribution is -0.117. The first-order valence-electron chi connectivity index (χ1n) is 4.33. The first-order chi connectivity index (χ1) is 7.09. The van der Waals surface area contributed by atoms with Gasteiger partial charge in [-0.05, 0) is 22.6 Å². The van der Waals surface area contributed by atoms with Gasteiger partial charge in [-0.25, -0.2) is 0 Å². The molecule has 0 radical (unpaired) electrons. The van der Waals surface area contributed by atoms with Gasteiger partial charge in [0.05, 0.1) is 14.3 Å². The van der Waals surface area contributed by atoms with Gasteiger partial charge < -0.3 is 4.90 Å². The van der Waals surface area contributed by atoms with Gasteiger partial charge in [0.2, 0.25) is 5.91 Å². The van der Waals surface area contributed by atoms with E-state index in [2.05, 4.69) is 43.5 Å². The fraction of sp³-hybridized carbons (Fsp3) is 0.333. The first-order valence-corrected chi connectivity index (χ1v) is 6.70. The van der Waals surface area contributed by atoms with Crippen LogP contribution < -0.4 is 4.90 Å². The Labute approximate surface area is 114 Å². The molecule has 1 aliphatic heterocycles. The van der Waals surface area contributed by atoms with E-state index in [0.717, 1.165) is 9.26 Å². The number of carbonyl (C=O) groups excluding carboxylic acids is 1. The van der Waals surface area contributed by atoms with Crippen molar-refractivity contribution in [1.29, 1.82) is 0 Å². The second kappa shape index (κ2) is 4.55. The number of amides is 1. The molecule has 15 heavy (non-hydrogen) atoms. The van der Waals surface area contributed by atoms with Crippen LogP contribution in [0.2, 0.25) is 5.02 Å². The van der Waals surface area contributed by atoms with Crippen molar-refractivity contribution in [3.8, 4) is 0 Å². The summed E-state index contributed by atoms with van der Waals surface area (Å²) >= 11 is 11.6. The molecule has 0 aliphatic carbocycles. The molecule has 0 bridgehead atoms. The largest absolute Gasteiger partial charge is 0.309 e. The molecule has 80 valence electrons. The monoisotopic (exact) mass is 400 g/mol. The zero-order chi connectivity index (χ0) is 11.0. The molecule has 1 atom stereocenters. The molecule has 1 saturated heterocycles. The highest BCUT2D eigenvalue weighted by molar-refractivity contribution is 14.1. The van der Waals surface area contributed by atoms with E-state index < -0.39 is 0 Å². The van der Waals surface area contributed by atoms with E-state index in [0.29, 0.717) is 18.0 Å². The van der Waals surface area contributed by atoms with E-state index >= 15 is 0 Å². The van der Waals surface area contributed by atoms with Gasteiger partial charge in [-0.3, -0.25) is 9.78 Å². The summed E-state index contributed by atoms with van der Waals surface area (Å²) in [5.41, 5.74) is 0.777. The summed E-state index contributed by atoms with van der Waals surface area (Å²) in [5.74, 6) is 0.0999. The third kappa shape index (κ3) is 2.29. The lowest BCUT2D eigenvalue weighted by Gasteiger charge is -2.18. The minimum atomic E-state index is 0.0999. The summed E-state index contributed by atoms with van der Waals surface area (Å²) in [4.78, 5) is 17.6. The molecule has 0 N–H and O–H groups in total. The summed E-state index contributed by atoms with van der Waals surface area (Å²) in [5, 5.41) is 0.525. The molecule has 6 heteroatoms. The van der Waals surface area contributed by atoms with Gasteiger partial charge in [-0.1, -0.05) is 27.5 Å². The molecule has 0 aromatic carbocycles. The Morgan fingerprint density at radius 2 is 2.33 bits per heavy atom. The smallest absolute Gasteiger partial charge is 0.228 e. The number of alkyl halides is 1. The zero-order valence-electron chi connectivity index (χ0n) is 7.58. The highest BCUT2D eigenvalue weighted by atomic mass is 127. The number of pyridine rings is 1.